The second-order valence-electron chi connectivity index (χ2n) is 8.05. The third kappa shape index (κ3) is 6.58. The van der Waals surface area contributed by atoms with Gasteiger partial charge in [0.15, 0.2) is 0 Å². The van der Waals surface area contributed by atoms with Crippen LogP contribution >= 0.6 is 0 Å². The first-order valence-corrected chi connectivity index (χ1v) is 14.2. The fraction of sp³-hybridized carbons (Fsp3) is 0.250. The summed E-state index contributed by atoms with van der Waals surface area (Å²) in [5.74, 6) is 6.74. The SMILES string of the molecule is Cc1cccc(S(=O)(=O)NCCC#Cc2cnc3nc2NCCCNS(=O)(=O)c2cccc(c2)N3)c1. The van der Waals surface area contributed by atoms with Gasteiger partial charge in [0.1, 0.15) is 5.82 Å². The maximum Gasteiger partial charge on any atom is 0.240 e. The molecule has 0 spiro atoms. The van der Waals surface area contributed by atoms with Crippen LogP contribution in [0.2, 0.25) is 0 Å². The van der Waals surface area contributed by atoms with Crippen molar-refractivity contribution >= 4 is 37.5 Å². The van der Waals surface area contributed by atoms with Crippen LogP contribution in [0.5, 0.6) is 0 Å². The topological polar surface area (TPSA) is 142 Å². The number of hydrogen-bond donors (Lipinski definition) is 4. The van der Waals surface area contributed by atoms with Gasteiger partial charge in [0, 0.05) is 31.7 Å². The lowest BCUT2D eigenvalue weighted by Gasteiger charge is -2.10. The fourth-order valence-corrected chi connectivity index (χ4v) is 5.65. The van der Waals surface area contributed by atoms with Crippen LogP contribution in [0.3, 0.4) is 0 Å². The minimum atomic E-state index is -3.62. The van der Waals surface area contributed by atoms with Gasteiger partial charge in [-0.25, -0.2) is 31.3 Å². The molecule has 2 heterocycles. The van der Waals surface area contributed by atoms with Crippen molar-refractivity contribution < 1.29 is 16.8 Å². The summed E-state index contributed by atoms with van der Waals surface area (Å²) in [6, 6.07) is 13.1. The van der Waals surface area contributed by atoms with Crippen LogP contribution < -0.4 is 20.1 Å². The highest BCUT2D eigenvalue weighted by molar-refractivity contribution is 7.89. The summed E-state index contributed by atoms with van der Waals surface area (Å²) in [6.07, 6.45) is 2.39. The molecule has 188 valence electrons. The van der Waals surface area contributed by atoms with E-state index in [1.54, 1.807) is 36.5 Å². The Morgan fingerprint density at radius 1 is 1.11 bits per heavy atom. The molecule has 1 aliphatic heterocycles. The third-order valence-corrected chi connectivity index (χ3v) is 8.11. The zero-order valence-electron chi connectivity index (χ0n) is 19.6. The Balaban J connectivity index is 1.47. The maximum atomic E-state index is 12.5. The van der Waals surface area contributed by atoms with Gasteiger partial charge in [-0.3, -0.25) is 0 Å². The van der Waals surface area contributed by atoms with E-state index in [4.69, 9.17) is 0 Å². The number of sulfonamides is 2. The summed E-state index contributed by atoms with van der Waals surface area (Å²) in [4.78, 5) is 9.16. The molecule has 10 nitrogen and oxygen atoms in total. The van der Waals surface area contributed by atoms with Gasteiger partial charge >= 0.3 is 0 Å². The van der Waals surface area contributed by atoms with Crippen LogP contribution in [0.15, 0.2) is 64.5 Å². The van der Waals surface area contributed by atoms with Gasteiger partial charge in [-0.05, 0) is 49.2 Å². The van der Waals surface area contributed by atoms with E-state index in [9.17, 15) is 16.8 Å². The average Bonchev–Trinajstić information content (AvgIpc) is 2.85. The van der Waals surface area contributed by atoms with Crippen molar-refractivity contribution in [3.05, 3.63) is 65.9 Å². The Morgan fingerprint density at radius 3 is 2.78 bits per heavy atom. The molecule has 4 rings (SSSR count). The van der Waals surface area contributed by atoms with Gasteiger partial charge in [0.05, 0.1) is 21.6 Å². The number of nitrogens with one attached hydrogen (secondary N) is 4. The van der Waals surface area contributed by atoms with E-state index >= 15 is 0 Å². The lowest BCUT2D eigenvalue weighted by atomic mass is 10.2. The Bertz CT molecular complexity index is 1530. The highest BCUT2D eigenvalue weighted by Crippen LogP contribution is 2.21. The van der Waals surface area contributed by atoms with Crippen molar-refractivity contribution in [1.82, 2.24) is 19.4 Å². The van der Waals surface area contributed by atoms with Crippen LogP contribution in [-0.2, 0) is 20.0 Å². The molecule has 2 aromatic carbocycles. The summed E-state index contributed by atoms with van der Waals surface area (Å²) in [5.41, 5.74) is 1.94. The number of anilines is 3. The molecule has 1 aliphatic rings. The van der Waals surface area contributed by atoms with E-state index in [2.05, 4.69) is 41.9 Å². The van der Waals surface area contributed by atoms with Crippen LogP contribution in [0.4, 0.5) is 17.5 Å². The number of nitrogens with zero attached hydrogens (tertiary/aromatic N) is 2. The lowest BCUT2D eigenvalue weighted by molar-refractivity contribution is 0.579. The number of aryl methyl sites for hydroxylation is 1. The number of hydrogen-bond acceptors (Lipinski definition) is 8. The average molecular weight is 527 g/mol. The number of fused-ring (bicyclic) bond motifs is 4. The summed E-state index contributed by atoms with van der Waals surface area (Å²) in [7, 11) is -7.23. The van der Waals surface area contributed by atoms with Gasteiger partial charge in [-0.2, -0.15) is 4.98 Å². The molecule has 0 saturated heterocycles. The Morgan fingerprint density at radius 2 is 1.94 bits per heavy atom. The number of rotatable bonds is 4. The molecule has 0 unspecified atom stereocenters. The van der Waals surface area contributed by atoms with Gasteiger partial charge in [-0.1, -0.05) is 30.0 Å². The van der Waals surface area contributed by atoms with Gasteiger partial charge in [-0.15, -0.1) is 0 Å². The lowest BCUT2D eigenvalue weighted by Crippen LogP contribution is -2.26. The van der Waals surface area contributed by atoms with E-state index in [-0.39, 0.29) is 28.8 Å². The van der Waals surface area contributed by atoms with Crippen molar-refractivity contribution in [2.24, 2.45) is 0 Å². The zero-order valence-corrected chi connectivity index (χ0v) is 21.2. The largest absolute Gasteiger partial charge is 0.369 e. The highest BCUT2D eigenvalue weighted by Gasteiger charge is 2.16. The molecule has 4 N–H and O–H groups in total. The summed E-state index contributed by atoms with van der Waals surface area (Å²) in [6.45, 7) is 2.71. The summed E-state index contributed by atoms with van der Waals surface area (Å²) < 4.78 is 55.0. The molecule has 0 fully saturated rings. The molecule has 0 amide bonds. The van der Waals surface area contributed by atoms with Crippen molar-refractivity contribution in [3.8, 4) is 11.8 Å². The third-order valence-electron chi connectivity index (χ3n) is 5.19. The van der Waals surface area contributed by atoms with Crippen molar-refractivity contribution in [2.45, 2.75) is 29.6 Å². The predicted octanol–water partition coefficient (Wildman–Crippen LogP) is 2.34. The minimum Gasteiger partial charge on any atom is -0.369 e. The highest BCUT2D eigenvalue weighted by atomic mass is 32.2. The van der Waals surface area contributed by atoms with E-state index in [0.29, 0.717) is 36.5 Å². The standard InChI is InChI=1S/C24H26N6O4S2/c1-18-7-4-10-21(15-18)35(31,32)27-13-3-2-8-19-17-26-24-29-20-9-5-11-22(16-20)36(33,34)28-14-6-12-25-23(19)30-24/h4-5,7,9-11,15-17,27-28H,3,6,12-14H2,1H3,(H2,25,26,29,30). The van der Waals surface area contributed by atoms with Crippen molar-refractivity contribution in [2.75, 3.05) is 30.3 Å². The summed E-state index contributed by atoms with van der Waals surface area (Å²) >= 11 is 0. The molecular formula is C24H26N6O4S2. The fourth-order valence-electron chi connectivity index (χ4n) is 3.39. The van der Waals surface area contributed by atoms with Gasteiger partial charge in [0.2, 0.25) is 26.0 Å². The first-order chi connectivity index (χ1) is 17.2. The molecule has 1 aromatic heterocycles. The minimum absolute atomic E-state index is 0.153. The van der Waals surface area contributed by atoms with E-state index in [0.717, 1.165) is 5.56 Å². The summed E-state index contributed by atoms with van der Waals surface area (Å²) in [5, 5.41) is 6.20. The molecular weight excluding hydrogens is 500 g/mol. The first-order valence-electron chi connectivity index (χ1n) is 11.3. The monoisotopic (exact) mass is 526 g/mol. The molecule has 0 atom stereocenters. The number of aromatic nitrogens is 2. The predicted molar refractivity (Wildman–Crippen MR) is 138 cm³/mol. The van der Waals surface area contributed by atoms with Crippen molar-refractivity contribution in [3.63, 3.8) is 0 Å². The van der Waals surface area contributed by atoms with Gasteiger partial charge < -0.3 is 10.6 Å². The zero-order chi connectivity index (χ0) is 25.6. The van der Waals surface area contributed by atoms with Crippen LogP contribution in [0.25, 0.3) is 0 Å². The molecule has 12 heteroatoms. The second-order valence-corrected chi connectivity index (χ2v) is 11.6. The van der Waals surface area contributed by atoms with E-state index in [1.165, 1.54) is 12.1 Å². The Kier molecular flexibility index (Phi) is 7.85. The first kappa shape index (κ1) is 25.6. The molecule has 0 aliphatic carbocycles. The molecule has 3 aromatic rings. The molecule has 4 bridgehead atoms. The van der Waals surface area contributed by atoms with E-state index in [1.807, 2.05) is 13.0 Å². The van der Waals surface area contributed by atoms with Crippen molar-refractivity contribution in [1.29, 1.82) is 0 Å². The quantitative estimate of drug-likeness (QED) is 0.300. The Hall–Kier alpha value is -3.50. The van der Waals surface area contributed by atoms with Crippen LogP contribution in [0.1, 0.15) is 24.0 Å². The normalized spacial score (nSPS) is 15.0. The molecule has 36 heavy (non-hydrogen) atoms. The van der Waals surface area contributed by atoms with E-state index < -0.39 is 20.0 Å². The smallest absolute Gasteiger partial charge is 0.240 e. The number of benzene rings is 2. The molecule has 0 saturated carbocycles. The maximum absolute atomic E-state index is 12.5. The Labute approximate surface area is 211 Å². The molecule has 0 radical (unpaired) electrons. The van der Waals surface area contributed by atoms with Gasteiger partial charge in [0.25, 0.3) is 0 Å². The van der Waals surface area contributed by atoms with Crippen LogP contribution in [-0.4, -0.2) is 46.4 Å². The second kappa shape index (κ2) is 11.0. The van der Waals surface area contributed by atoms with Crippen LogP contribution in [0, 0.1) is 18.8 Å².